The first-order chi connectivity index (χ1) is 38.3. The molecule has 4 heteroatoms. The Morgan fingerprint density at radius 1 is 0.350 bits per heavy atom. The zero-order valence-electron chi connectivity index (χ0n) is 49.1. The molecule has 4 atom stereocenters. The molecule has 80 heavy (non-hydrogen) atoms. The van der Waals surface area contributed by atoms with E-state index < -0.39 is 0 Å². The first-order valence-electron chi connectivity index (χ1n) is 29.8. The summed E-state index contributed by atoms with van der Waals surface area (Å²) in [5.74, 6) is 1.55. The van der Waals surface area contributed by atoms with Crippen molar-refractivity contribution in [3.8, 4) is 44.5 Å². The quantitative estimate of drug-likeness (QED) is 0.147. The highest BCUT2D eigenvalue weighted by Crippen LogP contribution is 2.49. The van der Waals surface area contributed by atoms with Gasteiger partial charge in [0.15, 0.2) is 0 Å². The summed E-state index contributed by atoms with van der Waals surface area (Å²) in [6, 6.07) is 78.5. The van der Waals surface area contributed by atoms with Crippen LogP contribution >= 0.6 is 0 Å². The summed E-state index contributed by atoms with van der Waals surface area (Å²) in [6.07, 6.45) is 5.15. The Bertz CT molecular complexity index is 3740. The van der Waals surface area contributed by atoms with E-state index in [1.165, 1.54) is 132 Å². The van der Waals surface area contributed by atoms with Crippen LogP contribution in [0.4, 0.5) is 39.8 Å². The number of hydrogen-bond donors (Lipinski definition) is 0. The lowest BCUT2D eigenvalue weighted by molar-refractivity contribution is 0.179. The first kappa shape index (κ1) is 51.9. The molecule has 3 heterocycles. The zero-order chi connectivity index (χ0) is 55.4. The smallest absolute Gasteiger partial charge is 0.252 e. The van der Waals surface area contributed by atoms with Gasteiger partial charge in [0.2, 0.25) is 0 Å². The molecule has 1 aliphatic carbocycles. The van der Waals surface area contributed by atoms with Crippen LogP contribution in [0.2, 0.25) is 0 Å². The number of anilines is 7. The summed E-state index contributed by atoms with van der Waals surface area (Å²) in [6.45, 7) is 25.6. The van der Waals surface area contributed by atoms with Crippen molar-refractivity contribution < 1.29 is 0 Å². The minimum atomic E-state index is -0.0419. The number of fused-ring (bicyclic) bond motifs is 6. The molecule has 400 valence electrons. The van der Waals surface area contributed by atoms with E-state index in [2.05, 4.69) is 291 Å². The van der Waals surface area contributed by atoms with Crippen molar-refractivity contribution in [1.29, 1.82) is 0 Å². The van der Waals surface area contributed by atoms with Crippen LogP contribution < -0.4 is 31.1 Å². The van der Waals surface area contributed by atoms with Crippen molar-refractivity contribution in [2.75, 3.05) is 14.7 Å². The molecule has 3 nitrogen and oxygen atoms in total. The van der Waals surface area contributed by atoms with Crippen molar-refractivity contribution in [2.24, 2.45) is 11.8 Å². The summed E-state index contributed by atoms with van der Waals surface area (Å²) in [7, 11) is 0. The molecule has 3 aliphatic heterocycles. The molecule has 9 aromatic rings. The Labute approximate surface area is 478 Å². The largest absolute Gasteiger partial charge is 0.366 e. The van der Waals surface area contributed by atoms with Gasteiger partial charge in [-0.2, -0.15) is 0 Å². The summed E-state index contributed by atoms with van der Waals surface area (Å²) < 4.78 is 0. The number of rotatable bonds is 7. The average molecular weight is 1040 g/mol. The summed E-state index contributed by atoms with van der Waals surface area (Å²) in [4.78, 5) is 8.05. The molecular formula is C76H78BN3. The highest BCUT2D eigenvalue weighted by molar-refractivity contribution is 7.00. The minimum absolute atomic E-state index is 0.0367. The molecule has 0 spiro atoms. The summed E-state index contributed by atoms with van der Waals surface area (Å²) in [5.41, 5.74) is 26.5. The summed E-state index contributed by atoms with van der Waals surface area (Å²) in [5, 5.41) is 0. The topological polar surface area (TPSA) is 9.72 Å². The van der Waals surface area contributed by atoms with E-state index in [0.717, 1.165) is 23.2 Å². The van der Waals surface area contributed by atoms with E-state index in [9.17, 15) is 0 Å². The highest BCUT2D eigenvalue weighted by Gasteiger charge is 2.45. The van der Waals surface area contributed by atoms with Gasteiger partial charge in [-0.05, 0) is 193 Å². The third-order valence-corrected chi connectivity index (χ3v) is 18.5. The lowest BCUT2D eigenvalue weighted by Crippen LogP contribution is -2.61. The molecule has 1 saturated carbocycles. The Morgan fingerprint density at radius 3 is 1.30 bits per heavy atom. The second-order valence-corrected chi connectivity index (χ2v) is 27.3. The van der Waals surface area contributed by atoms with Crippen molar-refractivity contribution in [3.05, 3.63) is 217 Å². The third-order valence-electron chi connectivity index (χ3n) is 18.5. The van der Waals surface area contributed by atoms with Gasteiger partial charge in [0, 0.05) is 51.9 Å². The third kappa shape index (κ3) is 9.37. The Kier molecular flexibility index (Phi) is 12.7. The molecule has 2 bridgehead atoms. The Hall–Kier alpha value is -7.56. The number of benzene rings is 9. The Morgan fingerprint density at radius 2 is 0.787 bits per heavy atom. The molecule has 2 fully saturated rings. The van der Waals surface area contributed by atoms with Crippen LogP contribution in [-0.2, 0) is 16.2 Å². The van der Waals surface area contributed by atoms with Gasteiger partial charge in [-0.15, -0.1) is 0 Å². The van der Waals surface area contributed by atoms with Crippen LogP contribution in [-0.4, -0.2) is 18.8 Å². The van der Waals surface area contributed by atoms with Gasteiger partial charge < -0.3 is 14.7 Å². The number of piperidine rings is 1. The van der Waals surface area contributed by atoms with Crippen LogP contribution in [0.25, 0.3) is 44.5 Å². The molecule has 4 aliphatic rings. The van der Waals surface area contributed by atoms with Crippen LogP contribution in [0, 0.1) is 11.8 Å². The van der Waals surface area contributed by atoms with E-state index >= 15 is 0 Å². The van der Waals surface area contributed by atoms with E-state index in [1.807, 2.05) is 0 Å². The van der Waals surface area contributed by atoms with Crippen LogP contribution in [0.15, 0.2) is 200 Å². The van der Waals surface area contributed by atoms with Gasteiger partial charge in [0.25, 0.3) is 6.71 Å². The molecule has 13 rings (SSSR count). The maximum absolute atomic E-state index is 2.83. The minimum Gasteiger partial charge on any atom is -0.366 e. The van der Waals surface area contributed by atoms with E-state index in [-0.39, 0.29) is 23.0 Å². The fraction of sp³-hybridized carbons (Fsp3) is 0.289. The first-order valence-corrected chi connectivity index (χ1v) is 29.8. The molecule has 0 amide bonds. The second kappa shape index (κ2) is 19.6. The van der Waals surface area contributed by atoms with E-state index in [1.54, 1.807) is 0 Å². The molecule has 0 radical (unpaired) electrons. The molecule has 4 unspecified atom stereocenters. The normalized spacial score (nSPS) is 18.6. The van der Waals surface area contributed by atoms with Gasteiger partial charge >= 0.3 is 0 Å². The fourth-order valence-corrected chi connectivity index (χ4v) is 14.3. The SMILES string of the molecule is CC1CC2CC(C)N(c3ccc4c(c3)N(c3ccc(-c5ccccc5)cc3)c3cc(-c5ccc(C(C)(C)C)cc5)cc5c3B4c3cc(-c4ccc(C(C)(C)C)cc4)ccc3N5c3ccc(-c4ccc(C(C)(C)C)cc4)cc3)C(C1)C2. The van der Waals surface area contributed by atoms with Crippen molar-refractivity contribution in [1.82, 2.24) is 0 Å². The van der Waals surface area contributed by atoms with Crippen LogP contribution in [0.1, 0.15) is 119 Å². The van der Waals surface area contributed by atoms with Gasteiger partial charge in [-0.1, -0.05) is 215 Å². The average Bonchev–Trinajstić information content (AvgIpc) is 2.45. The standard InChI is InChI=1S/C76H78BN3/c1-49-41-51-43-50(2)78(66(42-49)44-51)65-38-39-67-70(48-65)80(64-36-23-54(24-37-64)52-15-13-12-14-16-52)72-47-59(57-21-32-62(33-22-57)76(9,10)11)46-71-73(72)77(67)68-45-58(56-19-30-61(31-20-56)75(6,7)8)27-40-69(68)79(71)63-34-25-55(26-35-63)53-17-28-60(29-18-53)74(3,4)5/h12-40,45-51,66H,41-44H2,1-11H3. The highest BCUT2D eigenvalue weighted by atomic mass is 15.2. The van der Waals surface area contributed by atoms with Gasteiger partial charge in [0.1, 0.15) is 0 Å². The lowest BCUT2D eigenvalue weighted by Gasteiger charge is -2.51. The van der Waals surface area contributed by atoms with Crippen molar-refractivity contribution in [3.63, 3.8) is 0 Å². The van der Waals surface area contributed by atoms with Crippen molar-refractivity contribution >= 4 is 62.9 Å². The zero-order valence-corrected chi connectivity index (χ0v) is 49.1. The van der Waals surface area contributed by atoms with Crippen LogP contribution in [0.3, 0.4) is 0 Å². The van der Waals surface area contributed by atoms with Gasteiger partial charge in [-0.25, -0.2) is 0 Å². The maximum Gasteiger partial charge on any atom is 0.252 e. The summed E-state index contributed by atoms with van der Waals surface area (Å²) >= 11 is 0. The fourth-order valence-electron chi connectivity index (χ4n) is 14.3. The lowest BCUT2D eigenvalue weighted by atomic mass is 9.33. The van der Waals surface area contributed by atoms with E-state index in [4.69, 9.17) is 0 Å². The predicted molar refractivity (Wildman–Crippen MR) is 345 cm³/mol. The Balaban J connectivity index is 1.06. The van der Waals surface area contributed by atoms with Gasteiger partial charge in [0.05, 0.1) is 0 Å². The molecule has 0 aromatic heterocycles. The molecule has 0 N–H and O–H groups in total. The second-order valence-electron chi connectivity index (χ2n) is 27.3. The molecule has 9 aromatic carbocycles. The van der Waals surface area contributed by atoms with Crippen LogP contribution in [0.5, 0.6) is 0 Å². The predicted octanol–water partition coefficient (Wildman–Crippen LogP) is 18.7. The van der Waals surface area contributed by atoms with Crippen molar-refractivity contribution in [2.45, 2.75) is 130 Å². The van der Waals surface area contributed by atoms with Gasteiger partial charge in [-0.3, -0.25) is 0 Å². The molecule has 1 saturated heterocycles. The molecular weight excluding hydrogens is 966 g/mol. The van der Waals surface area contributed by atoms with E-state index in [0.29, 0.717) is 12.1 Å². The number of hydrogen-bond acceptors (Lipinski definition) is 3. The monoisotopic (exact) mass is 1040 g/mol. The maximum atomic E-state index is 2.83. The number of nitrogens with zero attached hydrogens (tertiary/aromatic N) is 3.